The summed E-state index contributed by atoms with van der Waals surface area (Å²) in [6, 6.07) is 14.6. The summed E-state index contributed by atoms with van der Waals surface area (Å²) in [5.41, 5.74) is 3.28. The topological polar surface area (TPSA) is 67.4 Å². The number of alkyl halides is 2. The Balaban J connectivity index is 1.20. The molecule has 2 aromatic rings. The van der Waals surface area contributed by atoms with Gasteiger partial charge in [0.25, 0.3) is 0 Å². The summed E-state index contributed by atoms with van der Waals surface area (Å²) in [6.45, 7) is 3.93. The van der Waals surface area contributed by atoms with E-state index in [1.807, 2.05) is 12.1 Å². The van der Waals surface area contributed by atoms with E-state index in [2.05, 4.69) is 45.9 Å². The van der Waals surface area contributed by atoms with Crippen molar-refractivity contribution in [2.75, 3.05) is 33.0 Å². The number of carbonyl (C=O) groups is 1. The largest absolute Gasteiger partial charge is 0.454 e. The van der Waals surface area contributed by atoms with Crippen LogP contribution in [0.15, 0.2) is 42.5 Å². The number of ether oxygens (including phenoxy) is 2. The second kappa shape index (κ2) is 9.73. The van der Waals surface area contributed by atoms with Gasteiger partial charge < -0.3 is 25.0 Å². The molecule has 4 aliphatic heterocycles. The lowest BCUT2D eigenvalue weighted by Gasteiger charge is -2.47. The number of nitrogens with two attached hydrogens (primary N) is 1. The number of amides is 1. The number of hydrogen-bond acceptors (Lipinski definition) is 4. The van der Waals surface area contributed by atoms with Gasteiger partial charge in [-0.05, 0) is 54.7 Å². The fraction of sp³-hybridized carbons (Fsp3) is 0.581. The molecule has 1 spiro atoms. The molecule has 3 fully saturated rings. The molecule has 0 radical (unpaired) electrons. The number of rotatable bonds is 3. The average Bonchev–Trinajstić information content (AvgIpc) is 3.61. The van der Waals surface area contributed by atoms with Crippen molar-refractivity contribution in [3.63, 3.8) is 0 Å². The first kappa shape index (κ1) is 25.3. The maximum atomic E-state index is 14.6. The molecule has 3 N–H and O–H groups in total. The molecule has 39 heavy (non-hydrogen) atoms. The second-order valence-electron chi connectivity index (χ2n) is 12.3. The molecule has 4 heterocycles. The van der Waals surface area contributed by atoms with E-state index in [1.165, 1.54) is 11.1 Å². The first-order valence-electron chi connectivity index (χ1n) is 14.6. The maximum absolute atomic E-state index is 14.6. The van der Waals surface area contributed by atoms with Crippen LogP contribution in [0.2, 0.25) is 0 Å². The number of likely N-dealkylation sites (tertiary alicyclic amines) is 1. The van der Waals surface area contributed by atoms with Crippen LogP contribution in [-0.2, 0) is 16.8 Å². The van der Waals surface area contributed by atoms with Crippen molar-refractivity contribution in [2.24, 2.45) is 11.8 Å². The first-order valence-corrected chi connectivity index (χ1v) is 14.6. The first-order chi connectivity index (χ1) is 19.0. The fourth-order valence-corrected chi connectivity index (χ4v) is 8.28. The summed E-state index contributed by atoms with van der Waals surface area (Å²) in [6.07, 6.45) is 2.59. The minimum Gasteiger partial charge on any atom is -0.454 e. The normalized spacial score (nSPS) is 31.8. The molecule has 7 rings (SSSR count). The molecule has 0 aromatic heterocycles. The molecule has 208 valence electrons. The Kier molecular flexibility index (Phi) is 6.31. The van der Waals surface area contributed by atoms with Crippen molar-refractivity contribution in [3.05, 3.63) is 59.2 Å². The Hall–Kier alpha value is -2.71. The number of carbonyl (C=O) groups excluding carboxylic acids is 1. The van der Waals surface area contributed by atoms with Gasteiger partial charge in [0.05, 0.1) is 18.5 Å². The van der Waals surface area contributed by atoms with E-state index in [4.69, 9.17) is 9.47 Å². The zero-order valence-electron chi connectivity index (χ0n) is 22.3. The molecular formula is C31H38F2N3O3+. The van der Waals surface area contributed by atoms with Crippen molar-refractivity contribution >= 4 is 5.91 Å². The molecule has 1 saturated carbocycles. The standard InChI is InChI=1S/C31H37F2N3O3/c32-31(33)11-8-21(9-12-31)26-14-22(20-4-2-1-3-5-20)10-13-36(26)29(37)25-16-35-18-30(25)17-34-15-23-24(30)6-7-27-28(23)39-19-38-27/h1-7,21-22,25-26,34-35H,8-19H2/p+1/t22-,25+,26+,30+/m1/s1. The van der Waals surface area contributed by atoms with Crippen LogP contribution in [0.5, 0.6) is 11.5 Å². The lowest BCUT2D eigenvalue weighted by Crippen LogP contribution is -2.83. The van der Waals surface area contributed by atoms with Crippen LogP contribution in [0, 0.1) is 11.8 Å². The van der Waals surface area contributed by atoms with Crippen LogP contribution < -0.4 is 20.1 Å². The van der Waals surface area contributed by atoms with E-state index >= 15 is 0 Å². The second-order valence-corrected chi connectivity index (χ2v) is 12.3. The molecule has 1 amide bonds. The number of benzene rings is 2. The monoisotopic (exact) mass is 538 g/mol. The third-order valence-electron chi connectivity index (χ3n) is 10.3. The average molecular weight is 539 g/mol. The van der Waals surface area contributed by atoms with E-state index in [0.717, 1.165) is 49.5 Å². The predicted molar refractivity (Wildman–Crippen MR) is 142 cm³/mol. The van der Waals surface area contributed by atoms with Gasteiger partial charge in [-0.15, -0.1) is 0 Å². The summed E-state index contributed by atoms with van der Waals surface area (Å²) in [4.78, 5) is 16.7. The molecule has 0 unspecified atom stereocenters. The molecule has 8 heteroatoms. The molecule has 4 atom stereocenters. The van der Waals surface area contributed by atoms with Gasteiger partial charge in [0.15, 0.2) is 11.5 Å². The minimum absolute atomic E-state index is 0.00187. The maximum Gasteiger partial charge on any atom is 0.248 e. The number of quaternary nitrogens is 1. The van der Waals surface area contributed by atoms with Crippen LogP contribution in [-0.4, -0.2) is 55.7 Å². The molecule has 5 aliphatic rings. The highest BCUT2D eigenvalue weighted by molar-refractivity contribution is 5.82. The number of nitrogens with one attached hydrogen (secondary N) is 1. The van der Waals surface area contributed by atoms with Gasteiger partial charge in [-0.25, -0.2) is 8.78 Å². The number of hydrogen-bond donors (Lipinski definition) is 2. The highest BCUT2D eigenvalue weighted by Gasteiger charge is 2.56. The van der Waals surface area contributed by atoms with Crippen molar-refractivity contribution in [2.45, 2.75) is 68.4 Å². The van der Waals surface area contributed by atoms with Crippen LogP contribution in [0.25, 0.3) is 0 Å². The van der Waals surface area contributed by atoms with Crippen molar-refractivity contribution < 1.29 is 28.4 Å². The van der Waals surface area contributed by atoms with Gasteiger partial charge in [0.2, 0.25) is 18.6 Å². The van der Waals surface area contributed by atoms with Crippen molar-refractivity contribution in [1.29, 1.82) is 0 Å². The summed E-state index contributed by atoms with van der Waals surface area (Å²) in [7, 11) is 0. The van der Waals surface area contributed by atoms with Gasteiger partial charge in [0.1, 0.15) is 5.92 Å². The third-order valence-corrected chi connectivity index (χ3v) is 10.3. The smallest absolute Gasteiger partial charge is 0.248 e. The molecule has 2 aromatic carbocycles. The quantitative estimate of drug-likeness (QED) is 0.628. The number of nitrogens with zero attached hydrogens (tertiary/aromatic N) is 1. The molecule has 1 aliphatic carbocycles. The zero-order chi connectivity index (χ0) is 26.6. The van der Waals surface area contributed by atoms with Gasteiger partial charge in [0, 0.05) is 44.1 Å². The molecule has 2 saturated heterocycles. The predicted octanol–water partition coefficient (Wildman–Crippen LogP) is 3.55. The van der Waals surface area contributed by atoms with E-state index in [1.54, 1.807) is 0 Å². The van der Waals surface area contributed by atoms with Gasteiger partial charge in [-0.3, -0.25) is 4.79 Å². The zero-order valence-corrected chi connectivity index (χ0v) is 22.3. The molecule has 6 nitrogen and oxygen atoms in total. The van der Waals surface area contributed by atoms with Crippen LogP contribution in [0.1, 0.15) is 61.1 Å². The number of piperidine rings is 1. The van der Waals surface area contributed by atoms with E-state index in [9.17, 15) is 13.6 Å². The van der Waals surface area contributed by atoms with Gasteiger partial charge >= 0.3 is 0 Å². The number of fused-ring (bicyclic) bond motifs is 4. The van der Waals surface area contributed by atoms with E-state index < -0.39 is 5.92 Å². The summed E-state index contributed by atoms with van der Waals surface area (Å²) in [5, 5.41) is 5.87. The van der Waals surface area contributed by atoms with Gasteiger partial charge in [-0.1, -0.05) is 36.4 Å². The Morgan fingerprint density at radius 3 is 2.69 bits per heavy atom. The fourth-order valence-electron chi connectivity index (χ4n) is 8.28. The minimum atomic E-state index is -2.58. The Morgan fingerprint density at radius 2 is 1.87 bits per heavy atom. The number of halogens is 2. The molecule has 0 bridgehead atoms. The summed E-state index contributed by atoms with van der Waals surface area (Å²) < 4.78 is 39.8. The molecular weight excluding hydrogens is 500 g/mol. The lowest BCUT2D eigenvalue weighted by atomic mass is 9.67. The lowest BCUT2D eigenvalue weighted by molar-refractivity contribution is -0.640. The van der Waals surface area contributed by atoms with Gasteiger partial charge in [-0.2, -0.15) is 0 Å². The highest BCUT2D eigenvalue weighted by atomic mass is 19.3. The van der Waals surface area contributed by atoms with E-state index in [-0.39, 0.29) is 48.8 Å². The Labute approximate surface area is 228 Å². The van der Waals surface area contributed by atoms with Crippen molar-refractivity contribution in [1.82, 2.24) is 10.2 Å². The van der Waals surface area contributed by atoms with Crippen LogP contribution >= 0.6 is 0 Å². The van der Waals surface area contributed by atoms with Crippen LogP contribution in [0.3, 0.4) is 0 Å². The Bertz CT molecular complexity index is 1230. The van der Waals surface area contributed by atoms with Crippen molar-refractivity contribution in [3.8, 4) is 11.5 Å². The summed E-state index contributed by atoms with van der Waals surface area (Å²) in [5.74, 6) is -0.505. The Morgan fingerprint density at radius 1 is 1.05 bits per heavy atom. The summed E-state index contributed by atoms with van der Waals surface area (Å²) >= 11 is 0. The third kappa shape index (κ3) is 4.31. The highest BCUT2D eigenvalue weighted by Crippen LogP contribution is 2.48. The van der Waals surface area contributed by atoms with Crippen LogP contribution in [0.4, 0.5) is 8.78 Å². The van der Waals surface area contributed by atoms with E-state index in [0.29, 0.717) is 31.8 Å². The SMILES string of the molecule is O=C([C@@H]1C[NH2+]C[C@]12CNCc1c2ccc2c1OCO2)N1CC[C@@H](c2ccccc2)C[C@H]1C1CCC(F)(F)CC1.